The summed E-state index contributed by atoms with van der Waals surface area (Å²) in [5, 5.41) is 16.0. The first-order valence-electron chi connectivity index (χ1n) is 11.4. The van der Waals surface area contributed by atoms with Crippen molar-refractivity contribution >= 4 is 23.4 Å². The maximum Gasteiger partial charge on any atom is 0.256 e. The minimum atomic E-state index is -0.334. The molecule has 2 N–H and O–H groups in total. The molecule has 172 valence electrons. The van der Waals surface area contributed by atoms with E-state index in [1.807, 2.05) is 25.5 Å². The molecule has 2 aromatic rings. The van der Waals surface area contributed by atoms with Gasteiger partial charge in [-0.25, -0.2) is 9.36 Å². The van der Waals surface area contributed by atoms with Crippen molar-refractivity contribution in [3.8, 4) is 5.82 Å². The van der Waals surface area contributed by atoms with Crippen molar-refractivity contribution in [3.63, 3.8) is 0 Å². The average molecular weight is 459 g/mol. The lowest BCUT2D eigenvalue weighted by Crippen LogP contribution is -2.66. The van der Waals surface area contributed by atoms with Crippen molar-refractivity contribution < 1.29 is 9.59 Å². The van der Waals surface area contributed by atoms with E-state index in [-0.39, 0.29) is 28.9 Å². The van der Waals surface area contributed by atoms with Crippen LogP contribution in [-0.4, -0.2) is 43.0 Å². The van der Waals surface area contributed by atoms with Gasteiger partial charge in [-0.05, 0) is 70.6 Å². The number of halogens is 1. The van der Waals surface area contributed by atoms with Crippen molar-refractivity contribution in [1.29, 1.82) is 0 Å². The molecule has 32 heavy (non-hydrogen) atoms. The molecule has 0 aromatic carbocycles. The Morgan fingerprint density at radius 2 is 1.81 bits per heavy atom. The van der Waals surface area contributed by atoms with E-state index in [1.54, 1.807) is 30.2 Å². The number of amides is 2. The van der Waals surface area contributed by atoms with Crippen LogP contribution in [0.2, 0.25) is 5.02 Å². The summed E-state index contributed by atoms with van der Waals surface area (Å²) >= 11 is 6.12. The Bertz CT molecular complexity index is 1050. The first-order chi connectivity index (χ1) is 15.0. The Labute approximate surface area is 193 Å². The van der Waals surface area contributed by atoms with Gasteiger partial charge < -0.3 is 10.6 Å². The summed E-state index contributed by atoms with van der Waals surface area (Å²) in [5.74, 6) is 1.94. The maximum absolute atomic E-state index is 13.5. The molecule has 0 aliphatic heterocycles. The largest absolute Gasteiger partial charge is 0.351 e. The fourth-order valence-electron chi connectivity index (χ4n) is 6.65. The highest BCUT2D eigenvalue weighted by molar-refractivity contribution is 6.30. The Hall–Kier alpha value is -2.35. The fraction of sp³-hybridized carbons (Fsp3) is 0.652. The SMILES string of the molecule is CC(=O)NC12CC3C[C@H](C1)C(NC(=O)c1cnn(C(C)(C)C)c1-n1cc(Cl)cn1)[C@@H](C3)C2. The van der Waals surface area contributed by atoms with Crippen LogP contribution in [0.4, 0.5) is 0 Å². The van der Waals surface area contributed by atoms with Crippen LogP contribution in [0.25, 0.3) is 5.82 Å². The zero-order valence-electron chi connectivity index (χ0n) is 19.1. The monoisotopic (exact) mass is 458 g/mol. The van der Waals surface area contributed by atoms with Crippen LogP contribution in [0.1, 0.15) is 70.2 Å². The van der Waals surface area contributed by atoms with Crippen molar-refractivity contribution in [3.05, 3.63) is 29.2 Å². The van der Waals surface area contributed by atoms with E-state index in [9.17, 15) is 9.59 Å². The third-order valence-electron chi connectivity index (χ3n) is 7.40. The minimum Gasteiger partial charge on any atom is -0.351 e. The van der Waals surface area contributed by atoms with Crippen LogP contribution in [-0.2, 0) is 10.3 Å². The number of hydrogen-bond donors (Lipinski definition) is 2. The van der Waals surface area contributed by atoms with E-state index in [2.05, 4.69) is 20.8 Å². The first kappa shape index (κ1) is 21.5. The van der Waals surface area contributed by atoms with Crippen LogP contribution in [0.3, 0.4) is 0 Å². The second kappa shape index (κ2) is 7.33. The normalized spacial score (nSPS) is 31.0. The molecule has 4 aliphatic rings. The molecule has 9 heteroatoms. The van der Waals surface area contributed by atoms with Crippen LogP contribution in [0.15, 0.2) is 18.6 Å². The van der Waals surface area contributed by atoms with Crippen molar-refractivity contribution in [2.24, 2.45) is 17.8 Å². The van der Waals surface area contributed by atoms with Gasteiger partial charge in [0, 0.05) is 18.5 Å². The lowest BCUT2D eigenvalue weighted by Gasteiger charge is -2.60. The number of carbonyl (C=O) groups excluding carboxylic acids is 2. The molecule has 8 nitrogen and oxygen atoms in total. The molecule has 0 radical (unpaired) electrons. The number of nitrogens with one attached hydrogen (secondary N) is 2. The number of nitrogens with zero attached hydrogens (tertiary/aromatic N) is 4. The smallest absolute Gasteiger partial charge is 0.256 e. The number of rotatable bonds is 4. The van der Waals surface area contributed by atoms with Gasteiger partial charge in [-0.1, -0.05) is 11.6 Å². The summed E-state index contributed by atoms with van der Waals surface area (Å²) in [7, 11) is 0. The molecular formula is C23H31ClN6O2. The Kier molecular flexibility index (Phi) is 4.93. The van der Waals surface area contributed by atoms with E-state index < -0.39 is 0 Å². The van der Waals surface area contributed by atoms with Gasteiger partial charge in [0.05, 0.1) is 29.2 Å². The summed E-state index contributed by atoms with van der Waals surface area (Å²) in [6.45, 7) is 7.72. The van der Waals surface area contributed by atoms with E-state index in [4.69, 9.17) is 11.6 Å². The summed E-state index contributed by atoms with van der Waals surface area (Å²) in [6.07, 6.45) is 10.1. The van der Waals surface area contributed by atoms with Crippen LogP contribution < -0.4 is 10.6 Å². The molecule has 0 spiro atoms. The summed E-state index contributed by atoms with van der Waals surface area (Å²) < 4.78 is 3.44. The maximum atomic E-state index is 13.5. The minimum absolute atomic E-state index is 0.0460. The van der Waals surface area contributed by atoms with Gasteiger partial charge in [0.25, 0.3) is 5.91 Å². The van der Waals surface area contributed by atoms with E-state index in [0.29, 0.717) is 34.2 Å². The molecule has 4 bridgehead atoms. The Morgan fingerprint density at radius 3 is 2.38 bits per heavy atom. The lowest BCUT2D eigenvalue weighted by atomic mass is 9.51. The number of carbonyl (C=O) groups is 2. The van der Waals surface area contributed by atoms with Crippen molar-refractivity contribution in [2.45, 2.75) is 76.9 Å². The predicted molar refractivity (Wildman–Crippen MR) is 121 cm³/mol. The Balaban J connectivity index is 1.42. The van der Waals surface area contributed by atoms with Gasteiger partial charge >= 0.3 is 0 Å². The molecule has 3 unspecified atom stereocenters. The molecule has 6 rings (SSSR count). The number of aromatic nitrogens is 4. The third kappa shape index (κ3) is 3.62. The van der Waals surface area contributed by atoms with Gasteiger partial charge in [-0.3, -0.25) is 9.59 Å². The van der Waals surface area contributed by atoms with Gasteiger partial charge in [0.15, 0.2) is 5.82 Å². The van der Waals surface area contributed by atoms with Crippen molar-refractivity contribution in [1.82, 2.24) is 30.2 Å². The molecular weight excluding hydrogens is 428 g/mol. The van der Waals surface area contributed by atoms with E-state index in [0.717, 1.165) is 32.1 Å². The van der Waals surface area contributed by atoms with E-state index in [1.165, 1.54) is 0 Å². The van der Waals surface area contributed by atoms with Gasteiger partial charge in [-0.2, -0.15) is 10.2 Å². The molecule has 2 heterocycles. The van der Waals surface area contributed by atoms with Crippen molar-refractivity contribution in [2.75, 3.05) is 0 Å². The quantitative estimate of drug-likeness (QED) is 0.735. The number of hydrogen-bond acceptors (Lipinski definition) is 4. The summed E-state index contributed by atoms with van der Waals surface area (Å²) in [4.78, 5) is 25.3. The lowest BCUT2D eigenvalue weighted by molar-refractivity contribution is -0.125. The zero-order chi connectivity index (χ0) is 22.8. The van der Waals surface area contributed by atoms with Gasteiger partial charge in [0.2, 0.25) is 5.91 Å². The molecule has 2 aromatic heterocycles. The fourth-order valence-corrected chi connectivity index (χ4v) is 6.78. The summed E-state index contributed by atoms with van der Waals surface area (Å²) in [5.41, 5.74) is 0.0715. The second-order valence-electron chi connectivity index (χ2n) is 11.0. The van der Waals surface area contributed by atoms with E-state index >= 15 is 0 Å². The molecule has 4 aliphatic carbocycles. The standard InChI is InChI=1S/C23H31ClN6O2/c1-13(31)28-23-7-14-5-15(8-23)19(16(6-14)9-23)27-20(32)18-11-26-30(22(2,3)4)21(18)29-12-17(24)10-25-29/h10-12,14-16,19H,5-9H2,1-4H3,(H,27,32)(H,28,31)/t14?,15-,16+,19?,23?. The molecule has 4 fully saturated rings. The van der Waals surface area contributed by atoms with Gasteiger partial charge in [0.1, 0.15) is 5.56 Å². The third-order valence-corrected chi connectivity index (χ3v) is 7.60. The average Bonchev–Trinajstić information content (AvgIpc) is 3.28. The van der Waals surface area contributed by atoms with Crippen LogP contribution in [0.5, 0.6) is 0 Å². The first-order valence-corrected chi connectivity index (χ1v) is 11.8. The molecule has 4 saturated carbocycles. The van der Waals surface area contributed by atoms with Crippen LogP contribution >= 0.6 is 11.6 Å². The second-order valence-corrected chi connectivity index (χ2v) is 11.4. The molecule has 2 amide bonds. The zero-order valence-corrected chi connectivity index (χ0v) is 19.8. The van der Waals surface area contributed by atoms with Crippen LogP contribution in [0, 0.1) is 17.8 Å². The highest BCUT2D eigenvalue weighted by atomic mass is 35.5. The van der Waals surface area contributed by atoms with Gasteiger partial charge in [-0.15, -0.1) is 0 Å². The highest BCUT2D eigenvalue weighted by Gasteiger charge is 2.56. The highest BCUT2D eigenvalue weighted by Crippen LogP contribution is 2.55. The Morgan fingerprint density at radius 1 is 1.12 bits per heavy atom. The predicted octanol–water partition coefficient (Wildman–Crippen LogP) is 3.29. The topological polar surface area (TPSA) is 93.8 Å². The molecule has 0 saturated heterocycles. The summed E-state index contributed by atoms with van der Waals surface area (Å²) in [6, 6.07) is 0.118. The molecule has 5 atom stereocenters.